The number of nitrogens with one attached hydrogen (secondary N) is 1. The molecule has 0 aliphatic carbocycles. The predicted octanol–water partition coefficient (Wildman–Crippen LogP) is 3.07. The Balaban J connectivity index is 2.15. The summed E-state index contributed by atoms with van der Waals surface area (Å²) < 4.78 is 5.47. The molecule has 1 unspecified atom stereocenters. The van der Waals surface area contributed by atoms with Crippen molar-refractivity contribution < 1.29 is 14.3 Å². The second kappa shape index (κ2) is 6.73. The van der Waals surface area contributed by atoms with Crippen molar-refractivity contribution in [1.29, 1.82) is 5.26 Å². The van der Waals surface area contributed by atoms with Gasteiger partial charge in [0.05, 0.1) is 23.6 Å². The second-order valence-electron chi connectivity index (χ2n) is 7.10. The number of aryl methyl sites for hydroxylation is 2. The summed E-state index contributed by atoms with van der Waals surface area (Å²) in [5, 5.41) is 22.6. The van der Waals surface area contributed by atoms with Crippen LogP contribution in [0.3, 0.4) is 0 Å². The molecule has 0 saturated carbocycles. The Morgan fingerprint density at radius 2 is 1.96 bits per heavy atom. The lowest BCUT2D eigenvalue weighted by Crippen LogP contribution is -2.46. The van der Waals surface area contributed by atoms with Gasteiger partial charge in [0.25, 0.3) is 0 Å². The van der Waals surface area contributed by atoms with Gasteiger partial charge < -0.3 is 14.8 Å². The van der Waals surface area contributed by atoms with Crippen molar-refractivity contribution in [2.45, 2.75) is 45.6 Å². The minimum absolute atomic E-state index is 0.0625. The molecule has 5 nitrogen and oxygen atoms in total. The zero-order valence-electron chi connectivity index (χ0n) is 15.3. The highest BCUT2D eigenvalue weighted by Gasteiger charge is 2.33. The lowest BCUT2D eigenvalue weighted by Gasteiger charge is -2.28. The smallest absolute Gasteiger partial charge is 0.230 e. The SMILES string of the molecule is Cc1cc(C(C)(O)CNC(=O)C(C)(C)c2cccc(C#N)c2)c(C)o1. The molecule has 5 heteroatoms. The third-order valence-corrected chi connectivity index (χ3v) is 4.50. The summed E-state index contributed by atoms with van der Waals surface area (Å²) in [5.74, 6) is 1.13. The Hall–Kier alpha value is -2.58. The molecule has 0 radical (unpaired) electrons. The van der Waals surface area contributed by atoms with Gasteiger partial charge in [-0.1, -0.05) is 12.1 Å². The third kappa shape index (κ3) is 3.92. The Morgan fingerprint density at radius 1 is 1.28 bits per heavy atom. The predicted molar refractivity (Wildman–Crippen MR) is 94.9 cm³/mol. The van der Waals surface area contributed by atoms with Crippen molar-refractivity contribution in [3.8, 4) is 6.07 Å². The fourth-order valence-electron chi connectivity index (χ4n) is 2.84. The summed E-state index contributed by atoms with van der Waals surface area (Å²) in [6.07, 6.45) is 0. The molecule has 0 spiro atoms. The molecule has 2 rings (SSSR count). The van der Waals surface area contributed by atoms with E-state index in [-0.39, 0.29) is 12.5 Å². The molecule has 2 aromatic rings. The topological polar surface area (TPSA) is 86.3 Å². The quantitative estimate of drug-likeness (QED) is 0.876. The van der Waals surface area contributed by atoms with Crippen LogP contribution < -0.4 is 5.32 Å². The number of hydrogen-bond acceptors (Lipinski definition) is 4. The van der Waals surface area contributed by atoms with E-state index < -0.39 is 11.0 Å². The number of hydrogen-bond donors (Lipinski definition) is 2. The van der Waals surface area contributed by atoms with E-state index in [4.69, 9.17) is 9.68 Å². The van der Waals surface area contributed by atoms with Crippen LogP contribution in [0, 0.1) is 25.2 Å². The molecular formula is C20H24N2O3. The van der Waals surface area contributed by atoms with Crippen molar-refractivity contribution in [3.05, 3.63) is 58.5 Å². The molecule has 0 saturated heterocycles. The first-order valence-corrected chi connectivity index (χ1v) is 8.17. The van der Waals surface area contributed by atoms with Crippen LogP contribution in [0.2, 0.25) is 0 Å². The molecule has 1 heterocycles. The number of carbonyl (C=O) groups excluding carboxylic acids is 1. The number of rotatable bonds is 5. The van der Waals surface area contributed by atoms with Crippen LogP contribution in [0.15, 0.2) is 34.7 Å². The van der Waals surface area contributed by atoms with Gasteiger partial charge in [0.15, 0.2) is 0 Å². The number of nitrogens with zero attached hydrogens (tertiary/aromatic N) is 1. The minimum Gasteiger partial charge on any atom is -0.466 e. The molecule has 0 aliphatic heterocycles. The standard InChI is InChI=1S/C20H24N2O3/c1-13-9-17(14(2)25-13)20(5,24)12-22-18(23)19(3,4)16-8-6-7-15(10-16)11-21/h6-10,24H,12H2,1-5H3,(H,22,23). The van der Waals surface area contributed by atoms with Crippen LogP contribution in [0.4, 0.5) is 0 Å². The number of amides is 1. The summed E-state index contributed by atoms with van der Waals surface area (Å²) in [6, 6.07) is 10.9. The molecule has 1 aromatic carbocycles. The number of nitriles is 1. The fourth-order valence-corrected chi connectivity index (χ4v) is 2.84. The van der Waals surface area contributed by atoms with Gasteiger partial charge in [0.2, 0.25) is 5.91 Å². The number of benzene rings is 1. The molecular weight excluding hydrogens is 316 g/mol. The van der Waals surface area contributed by atoms with Crippen molar-refractivity contribution in [3.63, 3.8) is 0 Å². The number of aliphatic hydroxyl groups is 1. The van der Waals surface area contributed by atoms with Crippen molar-refractivity contribution in [2.24, 2.45) is 0 Å². The first-order valence-electron chi connectivity index (χ1n) is 8.17. The normalized spacial score (nSPS) is 13.8. The molecule has 0 fully saturated rings. The summed E-state index contributed by atoms with van der Waals surface area (Å²) in [7, 11) is 0. The monoisotopic (exact) mass is 340 g/mol. The number of furan rings is 1. The molecule has 2 N–H and O–H groups in total. The van der Waals surface area contributed by atoms with Gasteiger partial charge in [0, 0.05) is 5.56 Å². The van der Waals surface area contributed by atoms with Crippen LogP contribution in [0.5, 0.6) is 0 Å². The van der Waals surface area contributed by atoms with Gasteiger partial charge >= 0.3 is 0 Å². The Bertz CT molecular complexity index is 826. The van der Waals surface area contributed by atoms with E-state index in [1.54, 1.807) is 52.0 Å². The fraction of sp³-hybridized carbons (Fsp3) is 0.400. The molecule has 25 heavy (non-hydrogen) atoms. The van der Waals surface area contributed by atoms with Gasteiger partial charge in [0.1, 0.15) is 17.1 Å². The zero-order chi connectivity index (χ0) is 18.8. The van der Waals surface area contributed by atoms with E-state index >= 15 is 0 Å². The van der Waals surface area contributed by atoms with Crippen molar-refractivity contribution in [1.82, 2.24) is 5.32 Å². The van der Waals surface area contributed by atoms with E-state index in [0.29, 0.717) is 22.6 Å². The van der Waals surface area contributed by atoms with Crippen LogP contribution >= 0.6 is 0 Å². The highest BCUT2D eigenvalue weighted by Crippen LogP contribution is 2.28. The van der Waals surface area contributed by atoms with Gasteiger partial charge in [-0.3, -0.25) is 4.79 Å². The number of carbonyl (C=O) groups is 1. The summed E-state index contributed by atoms with van der Waals surface area (Å²) in [6.45, 7) is 8.90. The lowest BCUT2D eigenvalue weighted by molar-refractivity contribution is -0.126. The Kier molecular flexibility index (Phi) is 5.05. The van der Waals surface area contributed by atoms with Gasteiger partial charge in [-0.15, -0.1) is 0 Å². The lowest BCUT2D eigenvalue weighted by atomic mass is 9.82. The largest absolute Gasteiger partial charge is 0.466 e. The molecule has 1 aromatic heterocycles. The van der Waals surface area contributed by atoms with Gasteiger partial charge in [-0.2, -0.15) is 5.26 Å². The first kappa shape index (κ1) is 18.8. The van der Waals surface area contributed by atoms with Crippen LogP contribution in [0.1, 0.15) is 49.0 Å². The molecule has 0 bridgehead atoms. The van der Waals surface area contributed by atoms with Gasteiger partial charge in [-0.05, 0) is 58.4 Å². The van der Waals surface area contributed by atoms with Crippen molar-refractivity contribution in [2.75, 3.05) is 6.54 Å². The summed E-state index contributed by atoms with van der Waals surface area (Å²) in [4.78, 5) is 12.7. The van der Waals surface area contributed by atoms with Crippen LogP contribution in [0.25, 0.3) is 0 Å². The van der Waals surface area contributed by atoms with E-state index in [2.05, 4.69) is 11.4 Å². The molecule has 0 aliphatic rings. The average molecular weight is 340 g/mol. The maximum atomic E-state index is 12.7. The van der Waals surface area contributed by atoms with E-state index in [1.165, 1.54) is 0 Å². The molecule has 132 valence electrons. The zero-order valence-corrected chi connectivity index (χ0v) is 15.3. The van der Waals surface area contributed by atoms with Gasteiger partial charge in [-0.25, -0.2) is 0 Å². The highest BCUT2D eigenvalue weighted by molar-refractivity contribution is 5.87. The molecule has 1 atom stereocenters. The minimum atomic E-state index is -1.23. The Morgan fingerprint density at radius 3 is 2.52 bits per heavy atom. The highest BCUT2D eigenvalue weighted by atomic mass is 16.3. The van der Waals surface area contributed by atoms with E-state index in [9.17, 15) is 9.90 Å². The van der Waals surface area contributed by atoms with E-state index in [1.807, 2.05) is 13.0 Å². The Labute approximate surface area is 148 Å². The third-order valence-electron chi connectivity index (χ3n) is 4.50. The maximum absolute atomic E-state index is 12.7. The van der Waals surface area contributed by atoms with Crippen LogP contribution in [-0.4, -0.2) is 17.6 Å². The van der Waals surface area contributed by atoms with Crippen LogP contribution in [-0.2, 0) is 15.8 Å². The van der Waals surface area contributed by atoms with E-state index in [0.717, 1.165) is 5.56 Å². The second-order valence-corrected chi connectivity index (χ2v) is 7.10. The summed E-state index contributed by atoms with van der Waals surface area (Å²) in [5.41, 5.74) is -0.143. The molecule has 1 amide bonds. The first-order chi connectivity index (χ1) is 11.6. The average Bonchev–Trinajstić information content (AvgIpc) is 2.92. The summed E-state index contributed by atoms with van der Waals surface area (Å²) >= 11 is 0. The maximum Gasteiger partial charge on any atom is 0.230 e. The van der Waals surface area contributed by atoms with Crippen molar-refractivity contribution >= 4 is 5.91 Å².